The van der Waals surface area contributed by atoms with Gasteiger partial charge >= 0.3 is 0 Å². The smallest absolute Gasteiger partial charge is 0.255 e. The number of pyridine rings is 1. The largest absolute Gasteiger partial charge is 0.321 e. The number of hydrogen-bond donors (Lipinski definition) is 2. The van der Waals surface area contributed by atoms with Crippen LogP contribution >= 0.6 is 11.8 Å². The Bertz CT molecular complexity index is 733. The fourth-order valence-electron chi connectivity index (χ4n) is 1.52. The Hall–Kier alpha value is -1.90. The zero-order valence-corrected chi connectivity index (χ0v) is 12.5. The molecular formula is C13H13N3O3S2. The molecule has 0 aliphatic rings. The van der Waals surface area contributed by atoms with Gasteiger partial charge < -0.3 is 5.32 Å². The number of sulfonamides is 1. The SMILES string of the molecule is NS(=O)(=O)CSc1cccc(C(=O)Nc2cccnc2)c1. The van der Waals surface area contributed by atoms with Crippen molar-refractivity contribution in [2.45, 2.75) is 4.90 Å². The highest BCUT2D eigenvalue weighted by molar-refractivity contribution is 8.11. The summed E-state index contributed by atoms with van der Waals surface area (Å²) in [5.41, 5.74) is 1.02. The summed E-state index contributed by atoms with van der Waals surface area (Å²) in [5, 5.41) is 7.42. The number of rotatable bonds is 5. The monoisotopic (exact) mass is 323 g/mol. The minimum atomic E-state index is -3.55. The van der Waals surface area contributed by atoms with Gasteiger partial charge in [-0.05, 0) is 30.3 Å². The third-order valence-corrected chi connectivity index (χ3v) is 4.78. The molecule has 0 bridgehead atoms. The highest BCUT2D eigenvalue weighted by Crippen LogP contribution is 2.20. The molecule has 1 aromatic carbocycles. The van der Waals surface area contributed by atoms with Crippen LogP contribution in [0.4, 0.5) is 5.69 Å². The second-order valence-corrected chi connectivity index (χ2v) is 7.18. The number of primary sulfonamides is 1. The van der Waals surface area contributed by atoms with Crippen LogP contribution in [0.15, 0.2) is 53.7 Å². The maximum absolute atomic E-state index is 12.1. The summed E-state index contributed by atoms with van der Waals surface area (Å²) in [7, 11) is -3.55. The van der Waals surface area contributed by atoms with Crippen LogP contribution in [0.5, 0.6) is 0 Å². The van der Waals surface area contributed by atoms with Crippen LogP contribution in [-0.4, -0.2) is 24.4 Å². The van der Waals surface area contributed by atoms with Gasteiger partial charge in [-0.15, -0.1) is 11.8 Å². The second kappa shape index (κ2) is 6.70. The number of nitrogens with one attached hydrogen (secondary N) is 1. The Morgan fingerprint density at radius 1 is 1.29 bits per heavy atom. The van der Waals surface area contributed by atoms with Crippen LogP contribution in [0, 0.1) is 0 Å². The Labute approximate surface area is 126 Å². The van der Waals surface area contributed by atoms with Crippen LogP contribution in [0.25, 0.3) is 0 Å². The number of aromatic nitrogens is 1. The summed E-state index contributed by atoms with van der Waals surface area (Å²) in [6, 6.07) is 10.1. The van der Waals surface area contributed by atoms with E-state index in [0.717, 1.165) is 11.8 Å². The number of carbonyl (C=O) groups is 1. The Morgan fingerprint density at radius 2 is 2.10 bits per heavy atom. The first-order chi connectivity index (χ1) is 9.94. The number of nitrogens with zero attached hydrogens (tertiary/aromatic N) is 1. The summed E-state index contributed by atoms with van der Waals surface area (Å²) < 4.78 is 21.9. The van der Waals surface area contributed by atoms with Crippen molar-refractivity contribution in [3.63, 3.8) is 0 Å². The van der Waals surface area contributed by atoms with E-state index in [4.69, 9.17) is 5.14 Å². The molecule has 0 fully saturated rings. The van der Waals surface area contributed by atoms with Crippen molar-refractivity contribution in [2.24, 2.45) is 5.14 Å². The van der Waals surface area contributed by atoms with Crippen molar-refractivity contribution in [1.29, 1.82) is 0 Å². The molecule has 0 aliphatic carbocycles. The molecule has 0 saturated heterocycles. The molecule has 0 unspecified atom stereocenters. The lowest BCUT2D eigenvalue weighted by atomic mass is 10.2. The van der Waals surface area contributed by atoms with Gasteiger partial charge in [0.1, 0.15) is 5.08 Å². The van der Waals surface area contributed by atoms with E-state index in [2.05, 4.69) is 10.3 Å². The topological polar surface area (TPSA) is 102 Å². The fraction of sp³-hybridized carbons (Fsp3) is 0.0769. The average molecular weight is 323 g/mol. The van der Waals surface area contributed by atoms with Crippen LogP contribution in [0.1, 0.15) is 10.4 Å². The van der Waals surface area contributed by atoms with Crippen LogP contribution < -0.4 is 10.5 Å². The molecule has 0 atom stereocenters. The third kappa shape index (κ3) is 5.18. The van der Waals surface area contributed by atoms with E-state index in [9.17, 15) is 13.2 Å². The highest BCUT2D eigenvalue weighted by atomic mass is 32.3. The van der Waals surface area contributed by atoms with E-state index < -0.39 is 10.0 Å². The van der Waals surface area contributed by atoms with Gasteiger partial charge in [0.15, 0.2) is 0 Å². The molecule has 110 valence electrons. The quantitative estimate of drug-likeness (QED) is 0.815. The second-order valence-electron chi connectivity index (χ2n) is 4.15. The van der Waals surface area contributed by atoms with Crippen molar-refractivity contribution >= 4 is 33.4 Å². The molecule has 2 aromatic rings. The number of hydrogen-bond acceptors (Lipinski definition) is 5. The molecule has 0 saturated carbocycles. The van der Waals surface area contributed by atoms with E-state index in [-0.39, 0.29) is 11.0 Å². The first-order valence-electron chi connectivity index (χ1n) is 5.89. The maximum atomic E-state index is 12.1. The summed E-state index contributed by atoms with van der Waals surface area (Å²) in [5.74, 6) is -0.291. The van der Waals surface area contributed by atoms with Gasteiger partial charge in [-0.2, -0.15) is 0 Å². The molecule has 21 heavy (non-hydrogen) atoms. The predicted molar refractivity (Wildman–Crippen MR) is 82.5 cm³/mol. The molecule has 0 radical (unpaired) electrons. The molecule has 6 nitrogen and oxygen atoms in total. The van der Waals surface area contributed by atoms with Gasteiger partial charge in [0.2, 0.25) is 10.0 Å². The molecule has 0 spiro atoms. The van der Waals surface area contributed by atoms with Crippen molar-refractivity contribution in [3.8, 4) is 0 Å². The number of thioether (sulfide) groups is 1. The normalized spacial score (nSPS) is 11.1. The van der Waals surface area contributed by atoms with Gasteiger partial charge in [0.25, 0.3) is 5.91 Å². The molecule has 1 amide bonds. The number of benzene rings is 1. The van der Waals surface area contributed by atoms with Gasteiger partial charge in [0.05, 0.1) is 11.9 Å². The predicted octanol–water partition coefficient (Wildman–Crippen LogP) is 1.67. The third-order valence-electron chi connectivity index (χ3n) is 2.41. The van der Waals surface area contributed by atoms with Gasteiger partial charge in [-0.25, -0.2) is 13.6 Å². The molecule has 3 N–H and O–H groups in total. The van der Waals surface area contributed by atoms with Crippen molar-refractivity contribution in [2.75, 3.05) is 10.4 Å². The fourth-order valence-corrected chi connectivity index (χ4v) is 3.10. The summed E-state index contributed by atoms with van der Waals surface area (Å²) >= 11 is 1.06. The lowest BCUT2D eigenvalue weighted by Gasteiger charge is -2.06. The number of amides is 1. The first-order valence-corrected chi connectivity index (χ1v) is 8.59. The average Bonchev–Trinajstić information content (AvgIpc) is 2.46. The van der Waals surface area contributed by atoms with Crippen molar-refractivity contribution in [3.05, 3.63) is 54.4 Å². The van der Waals surface area contributed by atoms with Crippen LogP contribution in [-0.2, 0) is 10.0 Å². The van der Waals surface area contributed by atoms with Crippen molar-refractivity contribution in [1.82, 2.24) is 4.98 Å². The molecule has 8 heteroatoms. The van der Waals surface area contributed by atoms with Crippen LogP contribution in [0.2, 0.25) is 0 Å². The van der Waals surface area contributed by atoms with Gasteiger partial charge in [-0.3, -0.25) is 9.78 Å². The zero-order valence-electron chi connectivity index (χ0n) is 10.9. The van der Waals surface area contributed by atoms with E-state index in [1.165, 1.54) is 6.20 Å². The Balaban J connectivity index is 2.08. The Kier molecular flexibility index (Phi) is 4.94. The van der Waals surface area contributed by atoms with E-state index in [0.29, 0.717) is 16.1 Å². The lowest BCUT2D eigenvalue weighted by molar-refractivity contribution is 0.102. The van der Waals surface area contributed by atoms with Crippen LogP contribution in [0.3, 0.4) is 0 Å². The molecule has 1 aromatic heterocycles. The summed E-state index contributed by atoms with van der Waals surface area (Å²) in [4.78, 5) is 16.6. The molecule has 0 aliphatic heterocycles. The Morgan fingerprint density at radius 3 is 2.76 bits per heavy atom. The minimum Gasteiger partial charge on any atom is -0.321 e. The van der Waals surface area contributed by atoms with Gasteiger partial charge in [-0.1, -0.05) is 6.07 Å². The number of nitrogens with two attached hydrogens (primary N) is 1. The molecule has 1 heterocycles. The number of anilines is 1. The summed E-state index contributed by atoms with van der Waals surface area (Å²) in [6.07, 6.45) is 3.15. The molecule has 2 rings (SSSR count). The molecular weight excluding hydrogens is 310 g/mol. The minimum absolute atomic E-state index is 0.235. The summed E-state index contributed by atoms with van der Waals surface area (Å²) in [6.45, 7) is 0. The zero-order chi connectivity index (χ0) is 15.3. The van der Waals surface area contributed by atoms with E-state index >= 15 is 0 Å². The van der Waals surface area contributed by atoms with Crippen molar-refractivity contribution < 1.29 is 13.2 Å². The maximum Gasteiger partial charge on any atom is 0.255 e. The number of carbonyl (C=O) groups excluding carboxylic acids is 1. The van der Waals surface area contributed by atoms with E-state index in [1.54, 1.807) is 42.6 Å². The van der Waals surface area contributed by atoms with E-state index in [1.807, 2.05) is 0 Å². The van der Waals surface area contributed by atoms with Gasteiger partial charge in [0, 0.05) is 16.7 Å². The standard InChI is InChI=1S/C13H13N3O3S2/c14-21(18,19)9-20-12-5-1-3-10(7-12)13(17)16-11-4-2-6-15-8-11/h1-8H,9H2,(H,16,17)(H2,14,18,19). The first kappa shape index (κ1) is 15.5. The highest BCUT2D eigenvalue weighted by Gasteiger charge is 2.09. The lowest BCUT2D eigenvalue weighted by Crippen LogP contribution is -2.14.